The van der Waals surface area contributed by atoms with Gasteiger partial charge in [-0.3, -0.25) is 4.79 Å². The van der Waals surface area contributed by atoms with Crippen LogP contribution in [0, 0.1) is 0 Å². The molecule has 23 heavy (non-hydrogen) atoms. The summed E-state index contributed by atoms with van der Waals surface area (Å²) in [5, 5.41) is 0. The van der Waals surface area contributed by atoms with Gasteiger partial charge >= 0.3 is 0 Å². The smallest absolute Gasteiger partial charge is 0.254 e. The van der Waals surface area contributed by atoms with Crippen LogP contribution < -0.4 is 4.74 Å². The Bertz CT molecular complexity index is 680. The van der Waals surface area contributed by atoms with Gasteiger partial charge in [0, 0.05) is 17.6 Å². The normalized spacial score (nSPS) is 23.8. The fourth-order valence-corrected chi connectivity index (χ4v) is 5.42. The molecule has 126 valence electrons. The highest BCUT2D eigenvalue weighted by Crippen LogP contribution is 2.31. The van der Waals surface area contributed by atoms with Crippen LogP contribution in [-0.2, 0) is 9.84 Å². The molecule has 0 N–H and O–H groups in total. The van der Waals surface area contributed by atoms with Crippen molar-refractivity contribution in [1.29, 1.82) is 0 Å². The first-order chi connectivity index (χ1) is 11.0. The molecule has 1 atom stereocenters. The Morgan fingerprint density at radius 3 is 2.52 bits per heavy atom. The zero-order chi connectivity index (χ0) is 16.4. The van der Waals surface area contributed by atoms with E-state index in [0.29, 0.717) is 17.7 Å². The molecule has 1 aromatic carbocycles. The number of rotatable bonds is 4. The second-order valence-electron chi connectivity index (χ2n) is 6.44. The molecule has 1 aromatic rings. The molecular formula is C17H23NO4S. The van der Waals surface area contributed by atoms with Gasteiger partial charge in [0.05, 0.1) is 18.6 Å². The van der Waals surface area contributed by atoms with Crippen LogP contribution in [0.15, 0.2) is 24.3 Å². The maximum absolute atomic E-state index is 13.1. The van der Waals surface area contributed by atoms with Crippen LogP contribution >= 0.6 is 0 Å². The van der Waals surface area contributed by atoms with Crippen LogP contribution in [-0.4, -0.2) is 49.9 Å². The second-order valence-corrected chi connectivity index (χ2v) is 8.67. The zero-order valence-electron chi connectivity index (χ0n) is 13.4. The molecule has 1 heterocycles. The van der Waals surface area contributed by atoms with E-state index >= 15 is 0 Å². The van der Waals surface area contributed by atoms with Crippen LogP contribution in [0.25, 0.3) is 0 Å². The van der Waals surface area contributed by atoms with Gasteiger partial charge in [-0.1, -0.05) is 18.9 Å². The lowest BCUT2D eigenvalue weighted by molar-refractivity contribution is 0.0601. The minimum atomic E-state index is -3.02. The van der Waals surface area contributed by atoms with E-state index in [1.807, 2.05) is 4.90 Å². The van der Waals surface area contributed by atoms with Gasteiger partial charge in [0.15, 0.2) is 9.84 Å². The van der Waals surface area contributed by atoms with Crippen LogP contribution in [0.1, 0.15) is 42.5 Å². The number of carbonyl (C=O) groups is 1. The second kappa shape index (κ2) is 6.51. The van der Waals surface area contributed by atoms with Gasteiger partial charge in [-0.25, -0.2) is 8.42 Å². The average molecular weight is 337 g/mol. The Hall–Kier alpha value is -1.56. The zero-order valence-corrected chi connectivity index (χ0v) is 14.2. The van der Waals surface area contributed by atoms with E-state index in [1.165, 1.54) is 0 Å². The van der Waals surface area contributed by atoms with E-state index in [9.17, 15) is 13.2 Å². The molecule has 0 bridgehead atoms. The van der Waals surface area contributed by atoms with Gasteiger partial charge in [0.25, 0.3) is 5.91 Å². The number of nitrogens with zero attached hydrogens (tertiary/aromatic N) is 1. The molecule has 1 amide bonds. The van der Waals surface area contributed by atoms with Gasteiger partial charge < -0.3 is 9.64 Å². The van der Waals surface area contributed by atoms with E-state index in [-0.39, 0.29) is 29.5 Å². The molecule has 2 aliphatic rings. The molecule has 0 spiro atoms. The van der Waals surface area contributed by atoms with Gasteiger partial charge in [-0.15, -0.1) is 0 Å². The third kappa shape index (κ3) is 3.52. The lowest BCUT2D eigenvalue weighted by Crippen LogP contribution is -2.46. The Labute approximate surface area is 137 Å². The largest absolute Gasteiger partial charge is 0.497 e. The van der Waals surface area contributed by atoms with Gasteiger partial charge in [-0.2, -0.15) is 0 Å². The van der Waals surface area contributed by atoms with Crippen LogP contribution in [0.4, 0.5) is 0 Å². The van der Waals surface area contributed by atoms with Gasteiger partial charge in [0.2, 0.25) is 0 Å². The van der Waals surface area contributed by atoms with Crippen molar-refractivity contribution in [3.8, 4) is 5.75 Å². The summed E-state index contributed by atoms with van der Waals surface area (Å²) in [4.78, 5) is 14.9. The minimum Gasteiger partial charge on any atom is -0.497 e. The Morgan fingerprint density at radius 1 is 1.17 bits per heavy atom. The highest BCUT2D eigenvalue weighted by atomic mass is 32.2. The molecule has 1 saturated heterocycles. The van der Waals surface area contributed by atoms with E-state index in [4.69, 9.17) is 4.74 Å². The van der Waals surface area contributed by atoms with Gasteiger partial charge in [0.1, 0.15) is 5.75 Å². The molecule has 0 aromatic heterocycles. The van der Waals surface area contributed by atoms with Crippen LogP contribution in [0.3, 0.4) is 0 Å². The monoisotopic (exact) mass is 337 g/mol. The van der Waals surface area contributed by atoms with Crippen molar-refractivity contribution in [2.24, 2.45) is 0 Å². The molecule has 6 heteroatoms. The Balaban J connectivity index is 1.89. The number of hydrogen-bond acceptors (Lipinski definition) is 4. The lowest BCUT2D eigenvalue weighted by atomic mass is 10.1. The molecule has 1 saturated carbocycles. The van der Waals surface area contributed by atoms with Crippen molar-refractivity contribution in [2.75, 3.05) is 18.6 Å². The maximum Gasteiger partial charge on any atom is 0.254 e. The van der Waals surface area contributed by atoms with Crippen molar-refractivity contribution in [1.82, 2.24) is 4.90 Å². The van der Waals surface area contributed by atoms with Crippen molar-refractivity contribution in [2.45, 2.75) is 44.2 Å². The van der Waals surface area contributed by atoms with Crippen LogP contribution in [0.5, 0.6) is 5.75 Å². The summed E-state index contributed by atoms with van der Waals surface area (Å²) in [7, 11) is -1.45. The number of methoxy groups -OCH3 is 1. The average Bonchev–Trinajstić information content (AvgIpc) is 3.18. The van der Waals surface area contributed by atoms with E-state index < -0.39 is 9.84 Å². The predicted octanol–water partition coefficient (Wildman–Crippen LogP) is 2.27. The highest BCUT2D eigenvalue weighted by molar-refractivity contribution is 7.91. The molecule has 1 aliphatic carbocycles. The number of ether oxygens (including phenoxy) is 1. The SMILES string of the molecule is COc1cccc(C(=O)N(C2CCCC2)C2CCS(=O)(=O)C2)c1. The molecule has 3 rings (SSSR count). The summed E-state index contributed by atoms with van der Waals surface area (Å²) >= 11 is 0. The molecule has 5 nitrogen and oxygen atoms in total. The van der Waals surface area contributed by atoms with Crippen molar-refractivity contribution in [3.63, 3.8) is 0 Å². The molecule has 0 radical (unpaired) electrons. The lowest BCUT2D eigenvalue weighted by Gasteiger charge is -2.34. The maximum atomic E-state index is 13.1. The summed E-state index contributed by atoms with van der Waals surface area (Å²) in [6, 6.07) is 7.07. The number of amides is 1. The summed E-state index contributed by atoms with van der Waals surface area (Å²) < 4.78 is 28.9. The van der Waals surface area contributed by atoms with E-state index in [0.717, 1.165) is 25.7 Å². The molecule has 2 fully saturated rings. The van der Waals surface area contributed by atoms with E-state index in [2.05, 4.69) is 0 Å². The summed E-state index contributed by atoms with van der Waals surface area (Å²) in [6.07, 6.45) is 4.69. The number of sulfone groups is 1. The Kier molecular flexibility index (Phi) is 4.62. The van der Waals surface area contributed by atoms with Gasteiger partial charge in [-0.05, 0) is 37.5 Å². The first-order valence-electron chi connectivity index (χ1n) is 8.17. The minimum absolute atomic E-state index is 0.0714. The predicted molar refractivity (Wildman–Crippen MR) is 88.5 cm³/mol. The third-order valence-corrected chi connectivity index (χ3v) is 6.62. The topological polar surface area (TPSA) is 63.7 Å². The molecular weight excluding hydrogens is 314 g/mol. The molecule has 1 unspecified atom stereocenters. The summed E-state index contributed by atoms with van der Waals surface area (Å²) in [6.45, 7) is 0. The van der Waals surface area contributed by atoms with E-state index in [1.54, 1.807) is 31.4 Å². The summed E-state index contributed by atoms with van der Waals surface area (Å²) in [5.74, 6) is 0.852. The number of benzene rings is 1. The quantitative estimate of drug-likeness (QED) is 0.845. The first kappa shape index (κ1) is 16.3. The third-order valence-electron chi connectivity index (χ3n) is 4.87. The van der Waals surface area contributed by atoms with Crippen LogP contribution in [0.2, 0.25) is 0 Å². The fourth-order valence-electron chi connectivity index (χ4n) is 3.71. The number of carbonyl (C=O) groups excluding carboxylic acids is 1. The fraction of sp³-hybridized carbons (Fsp3) is 0.588. The van der Waals surface area contributed by atoms with Crippen molar-refractivity contribution in [3.05, 3.63) is 29.8 Å². The first-order valence-corrected chi connectivity index (χ1v) is 9.99. The van der Waals surface area contributed by atoms with Crippen molar-refractivity contribution < 1.29 is 17.9 Å². The Morgan fingerprint density at radius 2 is 1.91 bits per heavy atom. The summed E-state index contributed by atoms with van der Waals surface area (Å²) in [5.41, 5.74) is 0.570. The van der Waals surface area contributed by atoms with Crippen molar-refractivity contribution >= 4 is 15.7 Å². The highest BCUT2D eigenvalue weighted by Gasteiger charge is 2.39. The molecule has 1 aliphatic heterocycles. The standard InChI is InChI=1S/C17H23NO4S/c1-22-16-8-4-5-13(11-16)17(19)18(14-6-2-3-7-14)15-9-10-23(20,21)12-15/h4-5,8,11,14-15H,2-3,6-7,9-10,12H2,1H3. The number of hydrogen-bond donors (Lipinski definition) is 0.